The molecule has 0 saturated carbocycles. The zero-order chi connectivity index (χ0) is 23.3. The number of rotatable bonds is 3. The highest BCUT2D eigenvalue weighted by Crippen LogP contribution is 2.45. The number of carbonyl (C=O) groups excluding carboxylic acids is 1. The minimum absolute atomic E-state index is 0.0119. The Morgan fingerprint density at radius 3 is 2.61 bits per heavy atom. The summed E-state index contributed by atoms with van der Waals surface area (Å²) in [7, 11) is 0. The Hall–Kier alpha value is -4.04. The maximum Gasteiger partial charge on any atom is 0.344 e. The second-order valence-electron chi connectivity index (χ2n) is 7.32. The molecule has 2 aromatic heterocycles. The van der Waals surface area contributed by atoms with Gasteiger partial charge in [-0.25, -0.2) is 14.4 Å². The zero-order valence-electron chi connectivity index (χ0n) is 17.2. The topological polar surface area (TPSA) is 122 Å². The minimum atomic E-state index is -1.13. The molecule has 166 valence electrons. The summed E-state index contributed by atoms with van der Waals surface area (Å²) in [6.07, 6.45) is 0. The van der Waals surface area contributed by atoms with Crippen LogP contribution in [0.15, 0.2) is 78.4 Å². The van der Waals surface area contributed by atoms with Crippen molar-refractivity contribution in [2.45, 2.75) is 12.8 Å². The average molecular weight is 466 g/mol. The molecule has 33 heavy (non-hydrogen) atoms. The fourth-order valence-corrected chi connectivity index (χ4v) is 4.25. The largest absolute Gasteiger partial charge is 0.462 e. The number of fused-ring (bicyclic) bond motifs is 4. The van der Waals surface area contributed by atoms with Gasteiger partial charge in [0.25, 0.3) is 0 Å². The van der Waals surface area contributed by atoms with Gasteiger partial charge in [-0.1, -0.05) is 23.7 Å². The summed E-state index contributed by atoms with van der Waals surface area (Å²) in [5, 5.41) is 1.26. The van der Waals surface area contributed by atoms with Crippen molar-refractivity contribution in [3.05, 3.63) is 97.0 Å². The van der Waals surface area contributed by atoms with Crippen LogP contribution in [0.1, 0.15) is 24.0 Å². The Balaban J connectivity index is 1.92. The molecule has 3 heterocycles. The Morgan fingerprint density at radius 1 is 1.06 bits per heavy atom. The number of hydrogen-bond donors (Lipinski definition) is 1. The van der Waals surface area contributed by atoms with E-state index in [4.69, 9.17) is 35.6 Å². The highest BCUT2D eigenvalue weighted by Gasteiger charge is 2.40. The van der Waals surface area contributed by atoms with Crippen LogP contribution in [-0.4, -0.2) is 12.6 Å². The lowest BCUT2D eigenvalue weighted by atomic mass is 9.82. The third kappa shape index (κ3) is 3.35. The molecule has 5 rings (SSSR count). The molecule has 0 saturated heterocycles. The molecule has 0 fully saturated rings. The molecular weight excluding hydrogens is 450 g/mol. The number of nitrogens with two attached hydrogens (primary N) is 1. The van der Waals surface area contributed by atoms with Crippen molar-refractivity contribution in [3.63, 3.8) is 0 Å². The highest BCUT2D eigenvalue weighted by atomic mass is 35.5. The molecule has 1 aliphatic heterocycles. The first-order valence-electron chi connectivity index (χ1n) is 10.0. The van der Waals surface area contributed by atoms with Crippen LogP contribution in [0.4, 0.5) is 0 Å². The first kappa shape index (κ1) is 20.8. The maximum atomic E-state index is 13.2. The number of para-hydroxylation sites is 1. The number of ether oxygens (including phenoxy) is 2. The Labute approximate surface area is 190 Å². The first-order valence-corrected chi connectivity index (χ1v) is 10.4. The van der Waals surface area contributed by atoms with E-state index < -0.39 is 23.1 Å². The van der Waals surface area contributed by atoms with Gasteiger partial charge >= 0.3 is 17.2 Å². The molecule has 1 aliphatic rings. The van der Waals surface area contributed by atoms with Gasteiger partial charge in [0.05, 0.1) is 23.5 Å². The van der Waals surface area contributed by atoms with Crippen LogP contribution in [0.2, 0.25) is 5.02 Å². The van der Waals surface area contributed by atoms with Gasteiger partial charge in [-0.2, -0.15) is 0 Å². The van der Waals surface area contributed by atoms with Gasteiger partial charge in [-0.3, -0.25) is 0 Å². The summed E-state index contributed by atoms with van der Waals surface area (Å²) in [5.41, 5.74) is 5.45. The predicted molar refractivity (Wildman–Crippen MR) is 120 cm³/mol. The summed E-state index contributed by atoms with van der Waals surface area (Å²) in [6, 6.07) is 12.6. The molecule has 4 aromatic rings. The van der Waals surface area contributed by atoms with E-state index >= 15 is 0 Å². The fraction of sp³-hybridized carbons (Fsp3) is 0.125. The van der Waals surface area contributed by atoms with E-state index in [1.807, 2.05) is 0 Å². The van der Waals surface area contributed by atoms with Gasteiger partial charge in [-0.15, -0.1) is 0 Å². The Morgan fingerprint density at radius 2 is 1.82 bits per heavy atom. The van der Waals surface area contributed by atoms with Gasteiger partial charge in [0.2, 0.25) is 5.88 Å². The van der Waals surface area contributed by atoms with E-state index in [-0.39, 0.29) is 46.1 Å². The quantitative estimate of drug-likeness (QED) is 0.358. The van der Waals surface area contributed by atoms with Crippen molar-refractivity contribution >= 4 is 39.5 Å². The molecular formula is C24H16ClNO7. The molecule has 9 heteroatoms. The Bertz CT molecular complexity index is 1600. The smallest absolute Gasteiger partial charge is 0.344 e. The summed E-state index contributed by atoms with van der Waals surface area (Å²) < 4.78 is 21.8. The standard InChI is InChI=1S/C24H16ClNO7/c1-2-30-23(28)20-18(14-10-17(27)31-16-8-7-11(25)9-13(14)16)19-21(33-22(20)26)12-5-3-4-6-15(12)32-24(19)29/h3-10,18H,2,26H2,1H3. The van der Waals surface area contributed by atoms with Crippen molar-refractivity contribution in [2.24, 2.45) is 5.73 Å². The third-order valence-electron chi connectivity index (χ3n) is 5.40. The summed E-state index contributed by atoms with van der Waals surface area (Å²) in [4.78, 5) is 38.6. The molecule has 2 aromatic carbocycles. The van der Waals surface area contributed by atoms with Crippen LogP contribution in [-0.2, 0) is 9.53 Å². The molecule has 0 spiro atoms. The number of benzene rings is 2. The Kier molecular flexibility index (Phi) is 4.94. The number of esters is 1. The lowest BCUT2D eigenvalue weighted by molar-refractivity contribution is -0.139. The number of hydrogen-bond acceptors (Lipinski definition) is 8. The SMILES string of the molecule is CCOC(=O)C1=C(N)Oc2c(c(=O)oc3ccccc23)C1c1cc(=O)oc2ccc(Cl)cc12. The molecule has 1 unspecified atom stereocenters. The molecule has 1 atom stereocenters. The second kappa shape index (κ2) is 7.83. The van der Waals surface area contributed by atoms with E-state index in [0.717, 1.165) is 0 Å². The maximum absolute atomic E-state index is 13.2. The second-order valence-corrected chi connectivity index (χ2v) is 7.76. The summed E-state index contributed by atoms with van der Waals surface area (Å²) >= 11 is 6.20. The molecule has 2 N–H and O–H groups in total. The van der Waals surface area contributed by atoms with E-state index in [1.165, 1.54) is 12.1 Å². The highest BCUT2D eigenvalue weighted by molar-refractivity contribution is 6.31. The lowest BCUT2D eigenvalue weighted by Crippen LogP contribution is -2.31. The van der Waals surface area contributed by atoms with Gasteiger partial charge in [-0.05, 0) is 42.8 Å². The number of carbonyl (C=O) groups is 1. The van der Waals surface area contributed by atoms with Crippen molar-refractivity contribution in [1.82, 2.24) is 0 Å². The lowest BCUT2D eigenvalue weighted by Gasteiger charge is -2.28. The van der Waals surface area contributed by atoms with Gasteiger partial charge in [0, 0.05) is 16.5 Å². The first-order chi connectivity index (χ1) is 15.9. The molecule has 0 bridgehead atoms. The minimum Gasteiger partial charge on any atom is -0.462 e. The monoisotopic (exact) mass is 465 g/mol. The predicted octanol–water partition coefficient (Wildman–Crippen LogP) is 3.81. The van der Waals surface area contributed by atoms with Crippen LogP contribution in [0.3, 0.4) is 0 Å². The van der Waals surface area contributed by atoms with Crippen LogP contribution in [0.25, 0.3) is 21.9 Å². The molecule has 0 amide bonds. The van der Waals surface area contributed by atoms with Crippen molar-refractivity contribution in [3.8, 4) is 5.75 Å². The fourth-order valence-electron chi connectivity index (χ4n) is 4.08. The third-order valence-corrected chi connectivity index (χ3v) is 5.63. The van der Waals surface area contributed by atoms with Crippen molar-refractivity contribution in [2.75, 3.05) is 6.61 Å². The van der Waals surface area contributed by atoms with Crippen LogP contribution < -0.4 is 21.7 Å². The van der Waals surface area contributed by atoms with E-state index in [0.29, 0.717) is 15.8 Å². The van der Waals surface area contributed by atoms with Gasteiger partial charge in [0.1, 0.15) is 16.7 Å². The van der Waals surface area contributed by atoms with E-state index in [9.17, 15) is 14.4 Å². The number of halogens is 1. The van der Waals surface area contributed by atoms with E-state index in [2.05, 4.69) is 0 Å². The van der Waals surface area contributed by atoms with Gasteiger partial charge in [0.15, 0.2) is 5.75 Å². The van der Waals surface area contributed by atoms with E-state index in [1.54, 1.807) is 43.3 Å². The zero-order valence-corrected chi connectivity index (χ0v) is 18.0. The van der Waals surface area contributed by atoms with Crippen LogP contribution >= 0.6 is 11.6 Å². The molecule has 0 aliphatic carbocycles. The molecule has 8 nitrogen and oxygen atoms in total. The van der Waals surface area contributed by atoms with Gasteiger partial charge < -0.3 is 24.0 Å². The van der Waals surface area contributed by atoms with Crippen molar-refractivity contribution in [1.29, 1.82) is 0 Å². The van der Waals surface area contributed by atoms with Crippen LogP contribution in [0.5, 0.6) is 5.75 Å². The average Bonchev–Trinajstić information content (AvgIpc) is 2.78. The molecule has 0 radical (unpaired) electrons. The normalized spacial score (nSPS) is 15.4. The van der Waals surface area contributed by atoms with Crippen LogP contribution in [0, 0.1) is 0 Å². The summed E-state index contributed by atoms with van der Waals surface area (Å²) in [6.45, 7) is 1.69. The summed E-state index contributed by atoms with van der Waals surface area (Å²) in [5.74, 6) is -2.02. The van der Waals surface area contributed by atoms with Crippen molar-refractivity contribution < 1.29 is 23.1 Å².